The van der Waals surface area contributed by atoms with Crippen LogP contribution in [0.5, 0.6) is 0 Å². The minimum Gasteiger partial charge on any atom is -0.334 e. The lowest BCUT2D eigenvalue weighted by Gasteiger charge is -2.24. The maximum absolute atomic E-state index is 13.1. The number of thiophene rings is 1. The van der Waals surface area contributed by atoms with Gasteiger partial charge in [0.15, 0.2) is 6.54 Å². The molecule has 5 heteroatoms. The number of nitrogens with two attached hydrogens (primary N) is 1. The number of aryl methyl sites for hydroxylation is 1. The Balaban J connectivity index is 2.10. The molecule has 1 aromatic heterocycles. The van der Waals surface area contributed by atoms with Crippen molar-refractivity contribution in [3.8, 4) is 0 Å². The molecule has 0 bridgehead atoms. The number of nitrogens with zero attached hydrogens (tertiary/aromatic N) is 1. The number of halogens is 1. The normalized spacial score (nSPS) is 11.5. The minimum atomic E-state index is -0.258. The summed E-state index contributed by atoms with van der Waals surface area (Å²) in [5.74, 6) is -0.160. The Kier molecular flexibility index (Phi) is 6.13. The van der Waals surface area contributed by atoms with E-state index in [0.29, 0.717) is 19.6 Å². The van der Waals surface area contributed by atoms with E-state index in [1.165, 1.54) is 21.9 Å². The summed E-state index contributed by atoms with van der Waals surface area (Å²) in [6, 6.07) is 10.5. The van der Waals surface area contributed by atoms with E-state index in [4.69, 9.17) is 0 Å². The minimum absolute atomic E-state index is 0.0106. The van der Waals surface area contributed by atoms with Crippen LogP contribution in [-0.4, -0.2) is 22.9 Å². The number of quaternary nitrogens is 1. The van der Waals surface area contributed by atoms with Crippen LogP contribution in [0.4, 0.5) is 4.39 Å². The summed E-state index contributed by atoms with van der Waals surface area (Å²) in [4.78, 5) is 16.9. The summed E-state index contributed by atoms with van der Waals surface area (Å²) in [6.07, 6.45) is 0. The van der Waals surface area contributed by atoms with Gasteiger partial charge in [0.1, 0.15) is 5.82 Å². The number of hydrogen-bond donors (Lipinski definition) is 1. The van der Waals surface area contributed by atoms with Crippen molar-refractivity contribution in [3.05, 3.63) is 57.5 Å². The molecule has 2 N–H and O–H groups in total. The molecular weight excluding hydrogens is 323 g/mol. The van der Waals surface area contributed by atoms with E-state index < -0.39 is 0 Å². The number of rotatable bonds is 6. The summed E-state index contributed by atoms with van der Waals surface area (Å²) >= 11 is 1.71. The molecule has 0 aliphatic rings. The molecule has 0 fully saturated rings. The molecule has 0 unspecified atom stereocenters. The Morgan fingerprint density at radius 2 is 1.79 bits per heavy atom. The molecule has 2 aromatic rings. The van der Waals surface area contributed by atoms with E-state index in [9.17, 15) is 9.18 Å². The zero-order valence-electron chi connectivity index (χ0n) is 14.8. The summed E-state index contributed by atoms with van der Waals surface area (Å²) in [6.45, 7) is 9.83. The predicted molar refractivity (Wildman–Crippen MR) is 96.3 cm³/mol. The van der Waals surface area contributed by atoms with Gasteiger partial charge in [0.25, 0.3) is 5.91 Å². The molecule has 0 radical (unpaired) electrons. The number of hydrogen-bond acceptors (Lipinski definition) is 2. The molecule has 1 heterocycles. The first kappa shape index (κ1) is 18.6. The molecular formula is C19H26FN2OS+. The first-order chi connectivity index (χ1) is 11.2. The van der Waals surface area contributed by atoms with Gasteiger partial charge in [-0.3, -0.25) is 4.79 Å². The lowest BCUT2D eigenvalue weighted by atomic mass is 10.1. The highest BCUT2D eigenvalue weighted by atomic mass is 32.1. The van der Waals surface area contributed by atoms with Gasteiger partial charge in [0.05, 0.1) is 12.1 Å². The average Bonchev–Trinajstić information content (AvgIpc) is 2.91. The van der Waals surface area contributed by atoms with Crippen molar-refractivity contribution in [2.24, 2.45) is 0 Å². The molecule has 0 spiro atoms. The molecule has 2 rings (SSSR count). The zero-order valence-corrected chi connectivity index (χ0v) is 15.6. The second-order valence-electron chi connectivity index (χ2n) is 7.16. The predicted octanol–water partition coefficient (Wildman–Crippen LogP) is 3.09. The zero-order chi connectivity index (χ0) is 17.7. The first-order valence-corrected chi connectivity index (χ1v) is 8.96. The van der Waals surface area contributed by atoms with Gasteiger partial charge in [-0.05, 0) is 57.5 Å². The lowest BCUT2D eigenvalue weighted by Crippen LogP contribution is -2.96. The maximum atomic E-state index is 13.1. The van der Waals surface area contributed by atoms with E-state index >= 15 is 0 Å². The second-order valence-corrected chi connectivity index (χ2v) is 8.54. The van der Waals surface area contributed by atoms with Gasteiger partial charge < -0.3 is 10.2 Å². The average molecular weight is 349 g/mol. The Morgan fingerprint density at radius 1 is 1.12 bits per heavy atom. The Morgan fingerprint density at radius 3 is 2.33 bits per heavy atom. The highest BCUT2D eigenvalue weighted by molar-refractivity contribution is 7.11. The summed E-state index contributed by atoms with van der Waals surface area (Å²) in [5, 5.41) is 2.05. The van der Waals surface area contributed by atoms with Crippen LogP contribution < -0.4 is 5.32 Å². The molecule has 3 nitrogen and oxygen atoms in total. The van der Waals surface area contributed by atoms with Gasteiger partial charge in [-0.25, -0.2) is 4.39 Å². The number of amides is 1. The van der Waals surface area contributed by atoms with E-state index in [1.807, 2.05) is 10.2 Å². The van der Waals surface area contributed by atoms with Crippen molar-refractivity contribution in [2.75, 3.05) is 6.54 Å². The lowest BCUT2D eigenvalue weighted by molar-refractivity contribution is -0.707. The summed E-state index contributed by atoms with van der Waals surface area (Å²) in [7, 11) is 0. The fourth-order valence-electron chi connectivity index (χ4n) is 2.32. The largest absolute Gasteiger partial charge is 0.334 e. The SMILES string of the molecule is Cc1ccc(CN(Cc2ccc(F)cc2)C(=O)C[NH2+]C(C)(C)C)s1. The molecule has 0 atom stereocenters. The van der Waals surface area contributed by atoms with Crippen LogP contribution in [0.1, 0.15) is 36.1 Å². The van der Waals surface area contributed by atoms with Crippen LogP contribution in [0.25, 0.3) is 0 Å². The van der Waals surface area contributed by atoms with Crippen LogP contribution in [0.2, 0.25) is 0 Å². The third-order valence-corrected chi connectivity index (χ3v) is 4.66. The van der Waals surface area contributed by atoms with Crippen molar-refractivity contribution in [1.82, 2.24) is 4.90 Å². The maximum Gasteiger partial charge on any atom is 0.278 e. The fourth-order valence-corrected chi connectivity index (χ4v) is 3.23. The van der Waals surface area contributed by atoms with Gasteiger partial charge in [0, 0.05) is 16.3 Å². The number of benzene rings is 1. The molecule has 0 aliphatic carbocycles. The van der Waals surface area contributed by atoms with Gasteiger partial charge in [-0.1, -0.05) is 12.1 Å². The van der Waals surface area contributed by atoms with Gasteiger partial charge in [-0.2, -0.15) is 0 Å². The van der Waals surface area contributed by atoms with E-state index in [-0.39, 0.29) is 17.3 Å². The smallest absolute Gasteiger partial charge is 0.278 e. The van der Waals surface area contributed by atoms with E-state index in [2.05, 4.69) is 39.8 Å². The highest BCUT2D eigenvalue weighted by Crippen LogP contribution is 2.18. The van der Waals surface area contributed by atoms with Crippen LogP contribution in [0.15, 0.2) is 36.4 Å². The third-order valence-electron chi connectivity index (χ3n) is 3.67. The van der Waals surface area contributed by atoms with Crippen molar-refractivity contribution < 1.29 is 14.5 Å². The van der Waals surface area contributed by atoms with Crippen molar-refractivity contribution in [2.45, 2.75) is 46.3 Å². The van der Waals surface area contributed by atoms with Crippen molar-refractivity contribution >= 4 is 17.2 Å². The van der Waals surface area contributed by atoms with Gasteiger partial charge in [0.2, 0.25) is 0 Å². The fraction of sp³-hybridized carbons (Fsp3) is 0.421. The Hall–Kier alpha value is -1.72. The molecule has 1 amide bonds. The van der Waals surface area contributed by atoms with E-state index in [0.717, 1.165) is 5.56 Å². The first-order valence-electron chi connectivity index (χ1n) is 8.15. The van der Waals surface area contributed by atoms with Crippen LogP contribution in [0, 0.1) is 12.7 Å². The van der Waals surface area contributed by atoms with Gasteiger partial charge >= 0.3 is 0 Å². The quantitative estimate of drug-likeness (QED) is 0.855. The van der Waals surface area contributed by atoms with Crippen LogP contribution in [0.3, 0.4) is 0 Å². The molecule has 1 aromatic carbocycles. The highest BCUT2D eigenvalue weighted by Gasteiger charge is 2.21. The molecule has 24 heavy (non-hydrogen) atoms. The topological polar surface area (TPSA) is 36.9 Å². The van der Waals surface area contributed by atoms with Gasteiger partial charge in [-0.15, -0.1) is 11.3 Å². The summed E-state index contributed by atoms with van der Waals surface area (Å²) < 4.78 is 13.1. The van der Waals surface area contributed by atoms with Crippen LogP contribution >= 0.6 is 11.3 Å². The van der Waals surface area contributed by atoms with E-state index in [1.54, 1.807) is 23.5 Å². The molecule has 130 valence electrons. The Bertz CT molecular complexity index is 673. The standard InChI is InChI=1S/C19H25FN2OS/c1-14-5-10-17(24-14)13-22(18(23)11-21-19(2,3)4)12-15-6-8-16(20)9-7-15/h5-10,21H,11-13H2,1-4H3/p+1. The second kappa shape index (κ2) is 7.90. The van der Waals surface area contributed by atoms with Crippen LogP contribution in [-0.2, 0) is 17.9 Å². The number of carbonyl (C=O) groups is 1. The third kappa shape index (κ3) is 6.06. The van der Waals surface area contributed by atoms with Crippen molar-refractivity contribution in [3.63, 3.8) is 0 Å². The number of carbonyl (C=O) groups excluding carboxylic acids is 1. The molecule has 0 saturated carbocycles. The molecule has 0 saturated heterocycles. The Labute approximate surface area is 147 Å². The monoisotopic (exact) mass is 349 g/mol. The van der Waals surface area contributed by atoms with Crippen molar-refractivity contribution in [1.29, 1.82) is 0 Å². The molecule has 0 aliphatic heterocycles. The summed E-state index contributed by atoms with van der Waals surface area (Å²) in [5.41, 5.74) is 0.949.